The van der Waals surface area contributed by atoms with E-state index in [1.807, 2.05) is 0 Å². The van der Waals surface area contributed by atoms with Crippen molar-refractivity contribution >= 4 is 51.4 Å². The van der Waals surface area contributed by atoms with Crippen molar-refractivity contribution in [1.82, 2.24) is 0 Å². The van der Waals surface area contributed by atoms with Crippen LogP contribution in [0.3, 0.4) is 0 Å². The Balaban J connectivity index is 0. The van der Waals surface area contributed by atoms with Gasteiger partial charge in [-0.1, -0.05) is 0 Å². The first-order valence-electron chi connectivity index (χ1n) is 0.323. The quantitative estimate of drug-likeness (QED) is 0.403. The van der Waals surface area contributed by atoms with Crippen LogP contribution in [0.1, 0.15) is 0 Å². The zero-order valence-electron chi connectivity index (χ0n) is 2.23. The van der Waals surface area contributed by atoms with Crippen LogP contribution in [0, 0.1) is 15.5 Å². The Morgan fingerprint density at radius 1 is 1.75 bits per heavy atom. The molecule has 21 valence electrons. The Morgan fingerprint density at radius 2 is 1.75 bits per heavy atom. The van der Waals surface area contributed by atoms with E-state index in [-0.39, 0.29) is 51.4 Å². The van der Waals surface area contributed by atoms with Gasteiger partial charge in [-0.05, 0) is 0 Å². The summed E-state index contributed by atoms with van der Waals surface area (Å²) in [6.07, 6.45) is 0. The van der Waals surface area contributed by atoms with E-state index in [0.717, 1.165) is 0 Å². The molecule has 0 aromatic carbocycles. The molecule has 4 heteroatoms. The van der Waals surface area contributed by atoms with Crippen LogP contribution in [-0.2, 0) is 0 Å². The third-order valence-electron chi connectivity index (χ3n) is 0. The molecule has 4 heavy (non-hydrogen) atoms. The molecule has 0 saturated carbocycles. The molecule has 1 N–H and O–H groups in total. The maximum Gasteiger partial charge on any atom is 0.417 e. The van der Waals surface area contributed by atoms with E-state index in [4.69, 9.17) is 8.40 Å². The van der Waals surface area contributed by atoms with Crippen molar-refractivity contribution in [2.45, 2.75) is 0 Å². The molecule has 0 fully saturated rings. The molecule has 0 aliphatic heterocycles. The summed E-state index contributed by atoms with van der Waals surface area (Å²) < 4.78 is 15.6. The van der Waals surface area contributed by atoms with Gasteiger partial charge >= 0.3 is 15.5 Å². The molecule has 0 heterocycles. The Labute approximate surface area is 73.8 Å². The van der Waals surface area contributed by atoms with Crippen LogP contribution in [0.25, 0.3) is 0 Å². The average Bonchev–Trinajstić information content (AvgIpc) is 0.918. The van der Waals surface area contributed by atoms with Crippen molar-refractivity contribution in [2.24, 2.45) is 0 Å². The summed E-state index contributed by atoms with van der Waals surface area (Å²) in [6, 6.07) is 0. The molecule has 0 bridgehead atoms. The minimum atomic E-state index is -1.19. The maximum atomic E-state index is 8.52. The molecule has 2 nitrogen and oxygen atoms in total. The van der Waals surface area contributed by atoms with Crippen LogP contribution in [0.2, 0.25) is 0 Å². The monoisotopic (exact) mass is 151 g/mol. The number of hydrogen-bond donors (Lipinski definition) is 1. The molecular formula is HBrKO2. The Bertz CT molecular complexity index is 6.00. The molecule has 0 unspecified atom stereocenters. The van der Waals surface area contributed by atoms with Crippen LogP contribution in [0.4, 0.5) is 0 Å². The molecule has 0 amide bonds. The summed E-state index contributed by atoms with van der Waals surface area (Å²) in [5.74, 6) is 0. The summed E-state index contributed by atoms with van der Waals surface area (Å²) in [4.78, 5) is 0. The van der Waals surface area contributed by atoms with Crippen molar-refractivity contribution in [3.63, 3.8) is 0 Å². The van der Waals surface area contributed by atoms with Gasteiger partial charge in [-0.3, -0.25) is 0 Å². The van der Waals surface area contributed by atoms with Gasteiger partial charge in [-0.15, -0.1) is 0 Å². The molecule has 0 rings (SSSR count). The average molecular weight is 152 g/mol. The Hall–Kier alpha value is 2.04. The van der Waals surface area contributed by atoms with Gasteiger partial charge in [0.25, 0.3) is 0 Å². The molecule has 0 saturated heterocycles. The van der Waals surface area contributed by atoms with E-state index < -0.39 is 15.5 Å². The van der Waals surface area contributed by atoms with Gasteiger partial charge in [0.2, 0.25) is 0 Å². The predicted octanol–water partition coefficient (Wildman–Crippen LogP) is -2.13. The van der Waals surface area contributed by atoms with Crippen LogP contribution < -0.4 is 4.20 Å². The van der Waals surface area contributed by atoms with Crippen molar-refractivity contribution in [2.75, 3.05) is 0 Å². The normalized spacial score (nSPS) is 4.50. The van der Waals surface area contributed by atoms with E-state index in [1.165, 1.54) is 0 Å². The standard InChI is InChI=1S/BrHO2.K/c2-1-3;/h2H;. The summed E-state index contributed by atoms with van der Waals surface area (Å²) in [7, 11) is 0. The van der Waals surface area contributed by atoms with Crippen LogP contribution in [0.5, 0.6) is 0 Å². The Kier molecular flexibility index (Phi) is 20.9. The fourth-order valence-electron chi connectivity index (χ4n) is 0. The van der Waals surface area contributed by atoms with E-state index in [9.17, 15) is 0 Å². The molecule has 0 spiro atoms. The zero-order valence-corrected chi connectivity index (χ0v) is 6.94. The Morgan fingerprint density at radius 3 is 1.75 bits per heavy atom. The van der Waals surface area contributed by atoms with Gasteiger partial charge in [0.05, 0.1) is 0 Å². The second-order valence-electron chi connectivity index (χ2n) is 0.0690. The zero-order chi connectivity index (χ0) is 2.71. The fraction of sp³-hybridized carbons (Fsp3) is 0. The van der Waals surface area contributed by atoms with Crippen molar-refractivity contribution < 1.29 is 23.9 Å². The van der Waals surface area contributed by atoms with E-state index in [2.05, 4.69) is 0 Å². The smallest absolute Gasteiger partial charge is 0.417 e. The first-order valence-corrected chi connectivity index (χ1v) is 1.68. The van der Waals surface area contributed by atoms with Gasteiger partial charge < -0.3 is 4.20 Å². The summed E-state index contributed by atoms with van der Waals surface area (Å²) in [5, 5.41) is 0. The van der Waals surface area contributed by atoms with Gasteiger partial charge in [0, 0.05) is 51.4 Å². The van der Waals surface area contributed by atoms with Crippen molar-refractivity contribution in [1.29, 1.82) is 0 Å². The van der Waals surface area contributed by atoms with E-state index >= 15 is 0 Å². The molecule has 1 radical (unpaired) electrons. The first kappa shape index (κ1) is 9.40. The maximum absolute atomic E-state index is 8.52. The van der Waals surface area contributed by atoms with E-state index in [1.54, 1.807) is 0 Å². The predicted molar refractivity (Wildman–Crippen MR) is 7.97 cm³/mol. The summed E-state index contributed by atoms with van der Waals surface area (Å²) in [5.41, 5.74) is 0. The van der Waals surface area contributed by atoms with Crippen LogP contribution >= 0.6 is 0 Å². The van der Waals surface area contributed by atoms with Gasteiger partial charge in [0.15, 0.2) is 0 Å². The van der Waals surface area contributed by atoms with Crippen molar-refractivity contribution in [3.8, 4) is 0 Å². The number of rotatable bonds is 0. The van der Waals surface area contributed by atoms with Gasteiger partial charge in [-0.2, -0.15) is 4.20 Å². The largest absolute Gasteiger partial charge is 0.551 e. The molecule has 0 atom stereocenters. The SMILES string of the molecule is [K].[O-][Br+]O. The van der Waals surface area contributed by atoms with Gasteiger partial charge in [-0.25, -0.2) is 0 Å². The minimum Gasteiger partial charge on any atom is -0.551 e. The molecule has 0 aliphatic carbocycles. The number of hydrogen-bond acceptors (Lipinski definition) is 2. The summed E-state index contributed by atoms with van der Waals surface area (Å²) in [6.45, 7) is 0. The molecule has 0 aromatic heterocycles. The molecule has 0 aliphatic rings. The van der Waals surface area contributed by atoms with Gasteiger partial charge in [0.1, 0.15) is 0 Å². The second kappa shape index (κ2) is 8.90. The first-order chi connectivity index (χ1) is 1.41. The second-order valence-corrected chi connectivity index (χ2v) is 0.359. The molecular weight excluding hydrogens is 151 g/mol. The summed E-state index contributed by atoms with van der Waals surface area (Å²) >= 11 is -1.19. The third-order valence-corrected chi connectivity index (χ3v) is 0. The van der Waals surface area contributed by atoms with Crippen LogP contribution in [0.15, 0.2) is 0 Å². The minimum absolute atomic E-state index is 0. The van der Waals surface area contributed by atoms with Crippen LogP contribution in [-0.4, -0.2) is 55.6 Å². The van der Waals surface area contributed by atoms with Crippen molar-refractivity contribution in [3.05, 3.63) is 0 Å². The topological polar surface area (TPSA) is 43.3 Å². The molecule has 0 aromatic rings. The number of halogens is 1. The van der Waals surface area contributed by atoms with E-state index in [0.29, 0.717) is 0 Å². The fourth-order valence-corrected chi connectivity index (χ4v) is 0. The third kappa shape index (κ3) is 8.97.